The number of likely N-dealkylation sites (tertiary alicyclic amines) is 1. The largest absolute Gasteiger partial charge is 0.497 e. The number of benzene rings is 2. The Morgan fingerprint density at radius 3 is 2.50 bits per heavy atom. The Hall–Kier alpha value is -2.57. The Kier molecular flexibility index (Phi) is 7.84. The Labute approximate surface area is 176 Å². The fourth-order valence-electron chi connectivity index (χ4n) is 3.54. The van der Waals surface area contributed by atoms with Crippen LogP contribution in [0.25, 0.3) is 0 Å². The van der Waals surface area contributed by atoms with Crippen LogP contribution in [0.4, 0.5) is 0 Å². The van der Waals surface area contributed by atoms with E-state index in [0.717, 1.165) is 22.4 Å². The van der Waals surface area contributed by atoms with Gasteiger partial charge in [0.2, 0.25) is 0 Å². The number of aliphatic hydroxyl groups excluding tert-OH is 1. The van der Waals surface area contributed by atoms with E-state index in [-0.39, 0.29) is 41.6 Å². The predicted molar refractivity (Wildman–Crippen MR) is 116 cm³/mol. The maximum atomic E-state index is 9.72. The third-order valence-electron chi connectivity index (χ3n) is 4.91. The van der Waals surface area contributed by atoms with Crippen LogP contribution >= 0.6 is 17.0 Å². The van der Waals surface area contributed by atoms with Gasteiger partial charge in [-0.05, 0) is 35.9 Å². The summed E-state index contributed by atoms with van der Waals surface area (Å²) in [6.45, 7) is 4.35. The summed E-state index contributed by atoms with van der Waals surface area (Å²) >= 11 is 0. The summed E-state index contributed by atoms with van der Waals surface area (Å²) in [6, 6.07) is 17.6. The van der Waals surface area contributed by atoms with E-state index in [9.17, 15) is 10.4 Å². The molecule has 0 saturated carbocycles. The van der Waals surface area contributed by atoms with Crippen LogP contribution in [-0.4, -0.2) is 42.4 Å². The van der Waals surface area contributed by atoms with Crippen molar-refractivity contribution in [2.75, 3.05) is 20.3 Å². The van der Waals surface area contributed by atoms with Crippen LogP contribution in [0.15, 0.2) is 61.2 Å². The number of ether oxygens (including phenoxy) is 1. The van der Waals surface area contributed by atoms with Gasteiger partial charge in [0.1, 0.15) is 11.8 Å². The number of nitriles is 1. The molecule has 0 bridgehead atoms. The molecular formula is C23H23BrN2O2. The molecule has 0 aromatic heterocycles. The molecule has 1 fully saturated rings. The van der Waals surface area contributed by atoms with Gasteiger partial charge < -0.3 is 9.84 Å². The molecule has 1 aliphatic heterocycles. The molecule has 0 unspecified atom stereocenters. The molecule has 5 heteroatoms. The second-order valence-electron chi connectivity index (χ2n) is 6.44. The van der Waals surface area contributed by atoms with Crippen molar-refractivity contribution in [3.8, 4) is 23.7 Å². The van der Waals surface area contributed by atoms with E-state index < -0.39 is 0 Å². The Bertz CT molecular complexity index is 909. The summed E-state index contributed by atoms with van der Waals surface area (Å²) in [7, 11) is 1.63. The highest BCUT2D eigenvalue weighted by Gasteiger charge is 2.48. The maximum absolute atomic E-state index is 9.72. The molecule has 28 heavy (non-hydrogen) atoms. The highest BCUT2D eigenvalue weighted by atomic mass is 79.9. The number of rotatable bonds is 5. The minimum atomic E-state index is -0.242. The molecule has 3 rings (SSSR count). The lowest BCUT2D eigenvalue weighted by molar-refractivity contribution is -0.00730. The minimum absolute atomic E-state index is 0. The molecule has 144 valence electrons. The van der Waals surface area contributed by atoms with Crippen LogP contribution < -0.4 is 4.74 Å². The fourth-order valence-corrected chi connectivity index (χ4v) is 3.54. The van der Waals surface area contributed by atoms with Gasteiger partial charge in [0.15, 0.2) is 0 Å². The van der Waals surface area contributed by atoms with E-state index in [0.29, 0.717) is 6.54 Å². The van der Waals surface area contributed by atoms with E-state index >= 15 is 0 Å². The van der Waals surface area contributed by atoms with Crippen molar-refractivity contribution in [3.63, 3.8) is 0 Å². The Morgan fingerprint density at radius 1 is 1.18 bits per heavy atom. The lowest BCUT2D eigenvalue weighted by Gasteiger charge is -2.51. The summed E-state index contributed by atoms with van der Waals surface area (Å²) in [4.78, 5) is 1.98. The van der Waals surface area contributed by atoms with Gasteiger partial charge in [-0.1, -0.05) is 36.1 Å². The summed E-state index contributed by atoms with van der Waals surface area (Å²) in [5, 5.41) is 19.2. The molecular weight excluding hydrogens is 416 g/mol. The molecule has 1 N–H and O–H groups in total. The summed E-state index contributed by atoms with van der Waals surface area (Å²) in [5.41, 5.74) is 2.84. The van der Waals surface area contributed by atoms with Crippen molar-refractivity contribution in [2.24, 2.45) is 0 Å². The molecule has 1 heterocycles. The lowest BCUT2D eigenvalue weighted by Crippen LogP contribution is -2.63. The maximum Gasteiger partial charge on any atom is 0.120 e. The normalized spacial score (nSPS) is 20.5. The zero-order valence-electron chi connectivity index (χ0n) is 15.7. The number of nitrogens with zero attached hydrogens (tertiary/aromatic N) is 2. The van der Waals surface area contributed by atoms with Crippen LogP contribution in [0.3, 0.4) is 0 Å². The van der Waals surface area contributed by atoms with E-state index in [2.05, 4.69) is 24.5 Å². The fraction of sp³-hybridized carbons (Fsp3) is 0.261. The van der Waals surface area contributed by atoms with E-state index in [4.69, 9.17) is 4.74 Å². The second kappa shape index (κ2) is 10.1. The lowest BCUT2D eigenvalue weighted by atomic mass is 9.75. The Morgan fingerprint density at radius 2 is 1.89 bits per heavy atom. The topological polar surface area (TPSA) is 56.5 Å². The van der Waals surface area contributed by atoms with Gasteiger partial charge in [-0.15, -0.1) is 23.6 Å². The molecule has 2 aromatic rings. The molecule has 4 nitrogen and oxygen atoms in total. The Balaban J connectivity index is 0.00000280. The van der Waals surface area contributed by atoms with Crippen molar-refractivity contribution in [3.05, 3.63) is 77.9 Å². The van der Waals surface area contributed by atoms with Gasteiger partial charge in [0.25, 0.3) is 0 Å². The molecule has 0 spiro atoms. The second-order valence-corrected chi connectivity index (χ2v) is 6.44. The number of methoxy groups -OCH3 is 1. The molecule has 0 radical (unpaired) electrons. The summed E-state index contributed by atoms with van der Waals surface area (Å²) in [6.07, 6.45) is 1.76. The van der Waals surface area contributed by atoms with Gasteiger partial charge in [0.05, 0.1) is 19.8 Å². The molecule has 0 aliphatic carbocycles. The third kappa shape index (κ3) is 4.46. The number of hydrogen-bond acceptors (Lipinski definition) is 4. The van der Waals surface area contributed by atoms with Crippen LogP contribution in [0.1, 0.15) is 22.6 Å². The summed E-state index contributed by atoms with van der Waals surface area (Å²) < 4.78 is 5.21. The number of aliphatic hydroxyl groups is 1. The predicted octanol–water partition coefficient (Wildman–Crippen LogP) is 3.51. The van der Waals surface area contributed by atoms with Crippen LogP contribution in [0.2, 0.25) is 0 Å². The van der Waals surface area contributed by atoms with E-state index in [1.165, 1.54) is 0 Å². The standard InChI is InChI=1S/C23H22N2O2.BrH/c1-3-13-25-21(15-24)23(22(25)16-26)19-11-9-17(10-12-19)7-8-18-5-4-6-20(14-18)27-2;/h3-6,9-12,14,21-23,26H,1,13,16H2,2H3;1H/t21-,22-,23-;/m1./s1. The SMILES string of the molecule is Br.C=CCN1[C@H](C#N)[C@@H](c2ccc(C#Cc3cccc(OC)c3)cc2)[C@H]1CO. The summed E-state index contributed by atoms with van der Waals surface area (Å²) in [5.74, 6) is 7.07. The first-order chi connectivity index (χ1) is 13.2. The molecule has 2 aromatic carbocycles. The minimum Gasteiger partial charge on any atom is -0.497 e. The molecule has 1 saturated heterocycles. The van der Waals surface area contributed by atoms with Gasteiger partial charge in [-0.3, -0.25) is 4.90 Å². The van der Waals surface area contributed by atoms with Crippen molar-refractivity contribution >= 4 is 17.0 Å². The zero-order chi connectivity index (χ0) is 19.2. The molecule has 0 amide bonds. The van der Waals surface area contributed by atoms with E-state index in [1.54, 1.807) is 13.2 Å². The highest BCUT2D eigenvalue weighted by molar-refractivity contribution is 8.93. The van der Waals surface area contributed by atoms with Crippen molar-refractivity contribution in [2.45, 2.75) is 18.0 Å². The smallest absolute Gasteiger partial charge is 0.120 e. The van der Waals surface area contributed by atoms with Crippen molar-refractivity contribution in [1.29, 1.82) is 5.26 Å². The number of halogens is 1. The van der Waals surface area contributed by atoms with Gasteiger partial charge >= 0.3 is 0 Å². The van der Waals surface area contributed by atoms with E-state index in [1.807, 2.05) is 53.4 Å². The van der Waals surface area contributed by atoms with Gasteiger partial charge in [-0.2, -0.15) is 5.26 Å². The zero-order valence-corrected chi connectivity index (χ0v) is 17.4. The average molecular weight is 439 g/mol. The molecule has 1 aliphatic rings. The molecule has 3 atom stereocenters. The van der Waals surface area contributed by atoms with Gasteiger partial charge in [-0.25, -0.2) is 0 Å². The van der Waals surface area contributed by atoms with Crippen LogP contribution in [0.5, 0.6) is 5.75 Å². The highest BCUT2D eigenvalue weighted by Crippen LogP contribution is 2.40. The van der Waals surface area contributed by atoms with Crippen molar-refractivity contribution < 1.29 is 9.84 Å². The number of hydrogen-bond donors (Lipinski definition) is 1. The van der Waals surface area contributed by atoms with Crippen molar-refractivity contribution in [1.82, 2.24) is 4.90 Å². The third-order valence-corrected chi connectivity index (χ3v) is 4.91. The first kappa shape index (κ1) is 21.7. The van der Waals surface area contributed by atoms with Crippen LogP contribution in [0, 0.1) is 23.2 Å². The van der Waals surface area contributed by atoms with Gasteiger partial charge in [0, 0.05) is 29.6 Å². The van der Waals surface area contributed by atoms with Crippen LogP contribution in [-0.2, 0) is 0 Å². The monoisotopic (exact) mass is 438 g/mol. The first-order valence-corrected chi connectivity index (χ1v) is 8.85. The average Bonchev–Trinajstić information content (AvgIpc) is 2.70. The first-order valence-electron chi connectivity index (χ1n) is 8.85. The quantitative estimate of drug-likeness (QED) is 0.573.